The molecule has 1 aromatic carbocycles. The number of benzene rings is 1. The Morgan fingerprint density at radius 1 is 1.15 bits per heavy atom. The van der Waals surface area contributed by atoms with Crippen LogP contribution in [-0.4, -0.2) is 13.2 Å². The summed E-state index contributed by atoms with van der Waals surface area (Å²) in [7, 11) is 0. The van der Waals surface area contributed by atoms with Gasteiger partial charge in [0.05, 0.1) is 6.61 Å². The minimum Gasteiger partial charge on any atom is -0.493 e. The summed E-state index contributed by atoms with van der Waals surface area (Å²) in [4.78, 5) is 0. The molecule has 1 rings (SSSR count). The topological polar surface area (TPSA) is 35.2 Å². The number of ether oxygens (including phenoxy) is 1. The van der Waals surface area contributed by atoms with E-state index >= 15 is 0 Å². The van der Waals surface area contributed by atoms with Gasteiger partial charge in [-0.05, 0) is 87.2 Å². The molecule has 1 unspecified atom stereocenters. The third-order valence-corrected chi connectivity index (χ3v) is 4.23. The van der Waals surface area contributed by atoms with Crippen LogP contribution < -0.4 is 10.5 Å². The zero-order valence-electron chi connectivity index (χ0n) is 13.9. The van der Waals surface area contributed by atoms with E-state index in [1.165, 1.54) is 35.1 Å². The predicted octanol–water partition coefficient (Wildman–Crippen LogP) is 4.63. The summed E-state index contributed by atoms with van der Waals surface area (Å²) in [6, 6.07) is 2.22. The van der Waals surface area contributed by atoms with Gasteiger partial charge in [0, 0.05) is 0 Å². The molecule has 2 heteroatoms. The van der Waals surface area contributed by atoms with Gasteiger partial charge in [-0.1, -0.05) is 13.8 Å². The Morgan fingerprint density at radius 2 is 1.85 bits per heavy atom. The summed E-state index contributed by atoms with van der Waals surface area (Å²) in [5.41, 5.74) is 11.3. The van der Waals surface area contributed by atoms with Crippen molar-refractivity contribution in [3.8, 4) is 5.75 Å². The van der Waals surface area contributed by atoms with E-state index in [1.54, 1.807) is 0 Å². The van der Waals surface area contributed by atoms with E-state index < -0.39 is 0 Å². The van der Waals surface area contributed by atoms with Gasteiger partial charge >= 0.3 is 0 Å². The van der Waals surface area contributed by atoms with Crippen LogP contribution in [-0.2, 0) is 0 Å². The van der Waals surface area contributed by atoms with Gasteiger partial charge in [-0.15, -0.1) is 0 Å². The molecule has 0 radical (unpaired) electrons. The van der Waals surface area contributed by atoms with Gasteiger partial charge in [-0.25, -0.2) is 0 Å². The lowest BCUT2D eigenvalue weighted by molar-refractivity contribution is 0.314. The van der Waals surface area contributed by atoms with Gasteiger partial charge in [-0.2, -0.15) is 0 Å². The Bertz CT molecular complexity index is 426. The van der Waals surface area contributed by atoms with E-state index in [4.69, 9.17) is 10.5 Å². The molecule has 20 heavy (non-hydrogen) atoms. The lowest BCUT2D eigenvalue weighted by Gasteiger charge is -2.23. The fraction of sp³-hybridized carbons (Fsp3) is 0.667. The van der Waals surface area contributed by atoms with Crippen molar-refractivity contribution in [2.24, 2.45) is 5.73 Å². The summed E-state index contributed by atoms with van der Waals surface area (Å²) >= 11 is 0. The van der Waals surface area contributed by atoms with E-state index in [0.29, 0.717) is 5.92 Å². The highest BCUT2D eigenvalue weighted by Gasteiger charge is 2.18. The van der Waals surface area contributed by atoms with Gasteiger partial charge in [-0.3, -0.25) is 0 Å². The highest BCUT2D eigenvalue weighted by molar-refractivity contribution is 5.49. The van der Waals surface area contributed by atoms with Gasteiger partial charge in [0.2, 0.25) is 0 Å². The molecule has 0 amide bonds. The van der Waals surface area contributed by atoms with Crippen LogP contribution in [0.5, 0.6) is 5.75 Å². The van der Waals surface area contributed by atoms with Crippen molar-refractivity contribution in [2.45, 2.75) is 66.2 Å². The van der Waals surface area contributed by atoms with E-state index in [9.17, 15) is 0 Å². The largest absolute Gasteiger partial charge is 0.493 e. The maximum absolute atomic E-state index is 5.88. The normalized spacial score (nSPS) is 12.5. The molecule has 0 saturated heterocycles. The third kappa shape index (κ3) is 3.99. The Balaban J connectivity index is 3.10. The SMILES string of the molecule is CCCOc1cc(C)c(C(CC)CCCN)c(C)c1C. The first-order valence-corrected chi connectivity index (χ1v) is 8.00. The number of nitrogens with two attached hydrogens (primary N) is 1. The van der Waals surface area contributed by atoms with Crippen LogP contribution in [0.15, 0.2) is 6.07 Å². The van der Waals surface area contributed by atoms with Crippen molar-refractivity contribution in [2.75, 3.05) is 13.2 Å². The molecule has 0 aliphatic carbocycles. The number of hydrogen-bond acceptors (Lipinski definition) is 2. The number of hydrogen-bond donors (Lipinski definition) is 1. The van der Waals surface area contributed by atoms with E-state index in [2.05, 4.69) is 40.7 Å². The van der Waals surface area contributed by atoms with E-state index in [-0.39, 0.29) is 0 Å². The molecule has 0 aliphatic rings. The molecule has 1 aromatic rings. The van der Waals surface area contributed by atoms with Crippen LogP contribution in [0.1, 0.15) is 67.7 Å². The molecule has 0 aromatic heterocycles. The Hall–Kier alpha value is -1.02. The molecule has 0 fully saturated rings. The quantitative estimate of drug-likeness (QED) is 0.751. The van der Waals surface area contributed by atoms with Gasteiger partial charge < -0.3 is 10.5 Å². The summed E-state index contributed by atoms with van der Waals surface area (Å²) in [6.07, 6.45) is 4.51. The first kappa shape index (κ1) is 17.0. The Morgan fingerprint density at radius 3 is 2.40 bits per heavy atom. The predicted molar refractivity (Wildman–Crippen MR) is 87.8 cm³/mol. The highest BCUT2D eigenvalue weighted by atomic mass is 16.5. The zero-order valence-corrected chi connectivity index (χ0v) is 13.9. The van der Waals surface area contributed by atoms with Crippen LogP contribution in [0.25, 0.3) is 0 Å². The molecule has 0 spiro atoms. The zero-order chi connectivity index (χ0) is 15.1. The van der Waals surface area contributed by atoms with Crippen LogP contribution >= 0.6 is 0 Å². The molecule has 2 N–H and O–H groups in total. The monoisotopic (exact) mass is 277 g/mol. The summed E-state index contributed by atoms with van der Waals surface area (Å²) in [6.45, 7) is 12.6. The molecule has 0 bridgehead atoms. The number of rotatable bonds is 8. The minimum atomic E-state index is 0.623. The third-order valence-electron chi connectivity index (χ3n) is 4.23. The molecule has 0 aliphatic heterocycles. The minimum absolute atomic E-state index is 0.623. The molecular weight excluding hydrogens is 246 g/mol. The lowest BCUT2D eigenvalue weighted by Crippen LogP contribution is -2.09. The van der Waals surface area contributed by atoms with Gasteiger partial charge in [0.25, 0.3) is 0 Å². The number of aryl methyl sites for hydroxylation is 1. The van der Waals surface area contributed by atoms with Crippen molar-refractivity contribution in [3.05, 3.63) is 28.3 Å². The van der Waals surface area contributed by atoms with Crippen LogP contribution in [0, 0.1) is 20.8 Å². The molecule has 0 heterocycles. The Labute approximate surface area is 124 Å². The fourth-order valence-electron chi connectivity index (χ4n) is 2.97. The van der Waals surface area contributed by atoms with Crippen LogP contribution in [0.4, 0.5) is 0 Å². The van der Waals surface area contributed by atoms with Crippen molar-refractivity contribution in [1.29, 1.82) is 0 Å². The molecule has 1 atom stereocenters. The average Bonchev–Trinajstić information content (AvgIpc) is 2.44. The lowest BCUT2D eigenvalue weighted by atomic mass is 9.84. The standard InChI is InChI=1S/C18H31NO/c1-6-11-20-17-12-13(3)18(15(5)14(17)4)16(7-2)9-8-10-19/h12,16H,6-11,19H2,1-5H3. The average molecular weight is 277 g/mol. The summed E-state index contributed by atoms with van der Waals surface area (Å²) in [5, 5.41) is 0. The second kappa shape index (κ2) is 8.31. The van der Waals surface area contributed by atoms with Gasteiger partial charge in [0.1, 0.15) is 5.75 Å². The van der Waals surface area contributed by atoms with Crippen molar-refractivity contribution >= 4 is 0 Å². The van der Waals surface area contributed by atoms with Crippen LogP contribution in [0.3, 0.4) is 0 Å². The second-order valence-corrected chi connectivity index (χ2v) is 5.74. The maximum atomic E-state index is 5.88. The van der Waals surface area contributed by atoms with Gasteiger partial charge in [0.15, 0.2) is 0 Å². The molecule has 0 saturated carbocycles. The van der Waals surface area contributed by atoms with E-state index in [1.807, 2.05) is 0 Å². The first-order valence-electron chi connectivity index (χ1n) is 8.00. The Kier molecular flexibility index (Phi) is 7.08. The summed E-state index contributed by atoms with van der Waals surface area (Å²) in [5.74, 6) is 1.68. The second-order valence-electron chi connectivity index (χ2n) is 5.74. The molecule has 114 valence electrons. The first-order chi connectivity index (χ1) is 9.56. The fourth-order valence-corrected chi connectivity index (χ4v) is 2.97. The smallest absolute Gasteiger partial charge is 0.122 e. The maximum Gasteiger partial charge on any atom is 0.122 e. The molecular formula is C18H31NO. The highest BCUT2D eigenvalue weighted by Crippen LogP contribution is 2.35. The molecule has 2 nitrogen and oxygen atoms in total. The summed E-state index contributed by atoms with van der Waals surface area (Å²) < 4.78 is 5.88. The van der Waals surface area contributed by atoms with Crippen molar-refractivity contribution < 1.29 is 4.74 Å². The van der Waals surface area contributed by atoms with Crippen molar-refractivity contribution in [1.82, 2.24) is 0 Å². The van der Waals surface area contributed by atoms with Crippen LogP contribution in [0.2, 0.25) is 0 Å². The van der Waals surface area contributed by atoms with E-state index in [0.717, 1.165) is 31.7 Å². The van der Waals surface area contributed by atoms with Crippen molar-refractivity contribution in [3.63, 3.8) is 0 Å².